The van der Waals surface area contributed by atoms with E-state index in [1.165, 1.54) is 0 Å². The Morgan fingerprint density at radius 1 is 0.833 bits per heavy atom. The fourth-order valence-electron chi connectivity index (χ4n) is 4.83. The Balaban J connectivity index is 1.49. The Labute approximate surface area is 210 Å². The molecule has 0 N–H and O–H groups in total. The molecule has 0 radical (unpaired) electrons. The van der Waals surface area contributed by atoms with Crippen molar-refractivity contribution in [2.45, 2.75) is 32.1 Å². The molecule has 36 heavy (non-hydrogen) atoms. The molecule has 1 unspecified atom stereocenters. The summed E-state index contributed by atoms with van der Waals surface area (Å²) in [7, 11) is 0. The van der Waals surface area contributed by atoms with E-state index in [1.807, 2.05) is 53.5 Å². The quantitative estimate of drug-likeness (QED) is 0.273. The zero-order valence-corrected chi connectivity index (χ0v) is 20.1. The van der Waals surface area contributed by atoms with Crippen LogP contribution < -0.4 is 0 Å². The molecule has 6 rings (SSSR count). The summed E-state index contributed by atoms with van der Waals surface area (Å²) in [6, 6.07) is 24.9. The molecule has 0 saturated carbocycles. The van der Waals surface area contributed by atoms with Crippen molar-refractivity contribution in [2.24, 2.45) is 0 Å². The van der Waals surface area contributed by atoms with Crippen LogP contribution in [0.15, 0.2) is 91.4 Å². The Morgan fingerprint density at radius 2 is 1.56 bits per heavy atom. The molecule has 1 atom stereocenters. The SMILES string of the molecule is c1ccc(-c2nc3nn(CCOC4CCCCO4)cc3c(-c3ccccc3)c2-c2ccncc2)cc1. The maximum Gasteiger partial charge on any atom is 0.182 e. The van der Waals surface area contributed by atoms with Gasteiger partial charge >= 0.3 is 0 Å². The average Bonchev–Trinajstić information content (AvgIpc) is 3.36. The fourth-order valence-corrected chi connectivity index (χ4v) is 4.83. The number of rotatable bonds is 7. The molecule has 0 amide bonds. The number of hydrogen-bond acceptors (Lipinski definition) is 5. The molecule has 4 heterocycles. The third-order valence-electron chi connectivity index (χ3n) is 6.56. The van der Waals surface area contributed by atoms with Crippen molar-refractivity contribution < 1.29 is 9.47 Å². The van der Waals surface area contributed by atoms with Crippen molar-refractivity contribution in [2.75, 3.05) is 13.2 Å². The predicted molar refractivity (Wildman–Crippen MR) is 141 cm³/mol. The van der Waals surface area contributed by atoms with E-state index in [0.717, 1.165) is 70.4 Å². The van der Waals surface area contributed by atoms with Crippen LogP contribution in [0.3, 0.4) is 0 Å². The van der Waals surface area contributed by atoms with Gasteiger partial charge in [-0.1, -0.05) is 60.7 Å². The van der Waals surface area contributed by atoms with Crippen LogP contribution in [0.5, 0.6) is 0 Å². The lowest BCUT2D eigenvalue weighted by molar-refractivity contribution is -0.163. The molecule has 3 aromatic heterocycles. The van der Waals surface area contributed by atoms with Gasteiger partial charge in [0.05, 0.1) is 18.8 Å². The Bertz CT molecular complexity index is 1430. The van der Waals surface area contributed by atoms with Crippen molar-refractivity contribution >= 4 is 11.0 Å². The summed E-state index contributed by atoms with van der Waals surface area (Å²) >= 11 is 0. The highest BCUT2D eigenvalue weighted by molar-refractivity contribution is 6.05. The van der Waals surface area contributed by atoms with Gasteiger partial charge in [0.25, 0.3) is 0 Å². The van der Waals surface area contributed by atoms with Gasteiger partial charge in [0, 0.05) is 47.3 Å². The van der Waals surface area contributed by atoms with E-state index in [1.54, 1.807) is 0 Å². The molecule has 5 aromatic rings. The predicted octanol–water partition coefficient (Wildman–Crippen LogP) is 6.37. The standard InChI is InChI=1S/C30H28N4O2/c1-3-9-22(10-4-1)27-25-21-34(18-20-36-26-13-7-8-19-35-26)33-30(25)32-29(24-11-5-2-6-12-24)28(27)23-14-16-31-17-15-23/h1-6,9-12,14-17,21,26H,7-8,13,18-20H2. The normalized spacial score (nSPS) is 15.8. The van der Waals surface area contributed by atoms with Gasteiger partial charge < -0.3 is 9.47 Å². The molecule has 1 saturated heterocycles. The van der Waals surface area contributed by atoms with Crippen molar-refractivity contribution in [3.63, 3.8) is 0 Å². The lowest BCUT2D eigenvalue weighted by atomic mass is 9.90. The molecule has 1 aliphatic heterocycles. The zero-order chi connectivity index (χ0) is 24.2. The van der Waals surface area contributed by atoms with Crippen LogP contribution in [0.4, 0.5) is 0 Å². The highest BCUT2D eigenvalue weighted by Crippen LogP contribution is 2.42. The van der Waals surface area contributed by atoms with E-state index in [-0.39, 0.29) is 6.29 Å². The lowest BCUT2D eigenvalue weighted by Gasteiger charge is -2.22. The third-order valence-corrected chi connectivity index (χ3v) is 6.56. The summed E-state index contributed by atoms with van der Waals surface area (Å²) < 4.78 is 13.6. The Kier molecular flexibility index (Phi) is 6.52. The summed E-state index contributed by atoms with van der Waals surface area (Å²) in [5.74, 6) is 0. The van der Waals surface area contributed by atoms with Gasteiger partial charge in [0.15, 0.2) is 11.9 Å². The third kappa shape index (κ3) is 4.65. The van der Waals surface area contributed by atoms with Crippen LogP contribution in [0.25, 0.3) is 44.5 Å². The summed E-state index contributed by atoms with van der Waals surface area (Å²) in [5.41, 5.74) is 7.07. The van der Waals surface area contributed by atoms with Crippen LogP contribution in [0.1, 0.15) is 19.3 Å². The van der Waals surface area contributed by atoms with E-state index in [9.17, 15) is 0 Å². The first-order valence-electron chi connectivity index (χ1n) is 12.5. The number of aromatic nitrogens is 4. The summed E-state index contributed by atoms with van der Waals surface area (Å²) in [4.78, 5) is 9.36. The maximum absolute atomic E-state index is 5.97. The van der Waals surface area contributed by atoms with E-state index >= 15 is 0 Å². The largest absolute Gasteiger partial charge is 0.353 e. The summed E-state index contributed by atoms with van der Waals surface area (Å²) in [5, 5.41) is 5.89. The topological polar surface area (TPSA) is 62.1 Å². The van der Waals surface area contributed by atoms with Gasteiger partial charge in [-0.2, -0.15) is 5.10 Å². The first-order valence-corrected chi connectivity index (χ1v) is 12.5. The Morgan fingerprint density at radius 3 is 2.28 bits per heavy atom. The Hall–Kier alpha value is -3.87. The molecular formula is C30H28N4O2. The van der Waals surface area contributed by atoms with E-state index in [4.69, 9.17) is 19.6 Å². The van der Waals surface area contributed by atoms with Crippen LogP contribution in [-0.2, 0) is 16.0 Å². The van der Waals surface area contributed by atoms with E-state index in [2.05, 4.69) is 47.6 Å². The molecule has 2 aromatic carbocycles. The lowest BCUT2D eigenvalue weighted by Crippen LogP contribution is -2.24. The first-order chi connectivity index (χ1) is 17.9. The van der Waals surface area contributed by atoms with Gasteiger partial charge in [-0.05, 0) is 42.5 Å². The average molecular weight is 477 g/mol. The number of pyridine rings is 2. The molecule has 1 aliphatic rings. The minimum absolute atomic E-state index is 0.107. The number of nitrogens with zero attached hydrogens (tertiary/aromatic N) is 4. The van der Waals surface area contributed by atoms with Crippen molar-refractivity contribution in [1.29, 1.82) is 0 Å². The van der Waals surface area contributed by atoms with Gasteiger partial charge in [-0.3, -0.25) is 9.67 Å². The maximum atomic E-state index is 5.97. The van der Waals surface area contributed by atoms with Crippen LogP contribution in [0, 0.1) is 0 Å². The highest BCUT2D eigenvalue weighted by atomic mass is 16.7. The molecule has 6 nitrogen and oxygen atoms in total. The minimum atomic E-state index is -0.107. The van der Waals surface area contributed by atoms with Gasteiger partial charge in [-0.25, -0.2) is 4.98 Å². The minimum Gasteiger partial charge on any atom is -0.353 e. The van der Waals surface area contributed by atoms with Crippen molar-refractivity contribution in [1.82, 2.24) is 19.7 Å². The molecule has 0 aliphatic carbocycles. The molecule has 0 bridgehead atoms. The summed E-state index contributed by atoms with van der Waals surface area (Å²) in [6.07, 6.45) is 8.87. The number of ether oxygens (including phenoxy) is 2. The van der Waals surface area contributed by atoms with Crippen LogP contribution in [0.2, 0.25) is 0 Å². The first kappa shape index (κ1) is 22.6. The van der Waals surface area contributed by atoms with Crippen LogP contribution in [-0.4, -0.2) is 39.3 Å². The van der Waals surface area contributed by atoms with Crippen molar-refractivity contribution in [3.05, 3.63) is 91.4 Å². The van der Waals surface area contributed by atoms with Crippen molar-refractivity contribution in [3.8, 4) is 33.5 Å². The van der Waals surface area contributed by atoms with Gasteiger partial charge in [0.1, 0.15) is 0 Å². The number of benzene rings is 2. The molecule has 1 fully saturated rings. The smallest absolute Gasteiger partial charge is 0.182 e. The second kappa shape index (κ2) is 10.4. The molecular weight excluding hydrogens is 448 g/mol. The monoisotopic (exact) mass is 476 g/mol. The molecule has 180 valence electrons. The van der Waals surface area contributed by atoms with Gasteiger partial charge in [-0.15, -0.1) is 0 Å². The van der Waals surface area contributed by atoms with Crippen LogP contribution >= 0.6 is 0 Å². The fraction of sp³-hybridized carbons (Fsp3) is 0.233. The molecule has 6 heteroatoms. The second-order valence-electron chi connectivity index (χ2n) is 8.97. The van der Waals surface area contributed by atoms with E-state index < -0.39 is 0 Å². The molecule has 0 spiro atoms. The van der Waals surface area contributed by atoms with E-state index in [0.29, 0.717) is 13.2 Å². The number of fused-ring (bicyclic) bond motifs is 1. The van der Waals surface area contributed by atoms with Gasteiger partial charge in [0.2, 0.25) is 0 Å². The highest BCUT2D eigenvalue weighted by Gasteiger charge is 2.22. The zero-order valence-electron chi connectivity index (χ0n) is 20.1. The number of hydrogen-bond donors (Lipinski definition) is 0. The summed E-state index contributed by atoms with van der Waals surface area (Å²) in [6.45, 7) is 1.96. The second-order valence-corrected chi connectivity index (χ2v) is 8.97.